The maximum atomic E-state index is 13.1. The van der Waals surface area contributed by atoms with Gasteiger partial charge in [-0.05, 0) is 23.2 Å². The summed E-state index contributed by atoms with van der Waals surface area (Å²) in [6.45, 7) is 0. The van der Waals surface area contributed by atoms with E-state index in [0.29, 0.717) is 0 Å². The molecule has 16 heavy (non-hydrogen) atoms. The zero-order valence-electron chi connectivity index (χ0n) is 6.84. The number of hydrogen-bond donors (Lipinski definition) is 0. The van der Waals surface area contributed by atoms with E-state index in [9.17, 15) is 35.9 Å². The first-order chi connectivity index (χ1) is 6.95. The van der Waals surface area contributed by atoms with Crippen molar-refractivity contribution in [2.75, 3.05) is 0 Å². The molecule has 0 aliphatic carbocycles. The monoisotopic (exact) mass is 288 g/mol. The van der Waals surface area contributed by atoms with Crippen LogP contribution < -0.4 is 0 Å². The second-order valence-electron chi connectivity index (χ2n) is 2.33. The number of allylic oxidation sites excluding steroid dienone is 2. The number of alkyl halides is 4. The van der Waals surface area contributed by atoms with Crippen LogP contribution in [0.4, 0.5) is 26.3 Å². The number of carbonyl (C=O) groups is 2. The van der Waals surface area contributed by atoms with E-state index in [4.69, 9.17) is 0 Å². The normalized spacial score (nSPS) is 14.5. The maximum Gasteiger partial charge on any atom is 0.445 e. The summed E-state index contributed by atoms with van der Waals surface area (Å²) in [5, 5.41) is -5.05. The van der Waals surface area contributed by atoms with Crippen LogP contribution in [-0.2, 0) is 9.59 Å². The molecule has 0 heterocycles. The molecule has 0 spiro atoms. The van der Waals surface area contributed by atoms with Crippen molar-refractivity contribution in [1.29, 1.82) is 0 Å². The van der Waals surface area contributed by atoms with Gasteiger partial charge in [0.15, 0.2) is 5.83 Å². The molecule has 2 nitrogen and oxygen atoms in total. The Bertz CT molecular complexity index is 347. The van der Waals surface area contributed by atoms with Crippen molar-refractivity contribution in [3.05, 3.63) is 11.7 Å². The molecule has 0 bridgehead atoms. The van der Waals surface area contributed by atoms with Crippen LogP contribution in [0.5, 0.6) is 0 Å². The SMILES string of the molecule is O=C(Cl)C(F)(C(=O)Cl)/C(F)=C(\F)C(F)(F)F. The van der Waals surface area contributed by atoms with Gasteiger partial charge in [-0.25, -0.2) is 8.78 Å². The average molecular weight is 289 g/mol. The van der Waals surface area contributed by atoms with Gasteiger partial charge in [-0.1, -0.05) is 0 Å². The first-order valence-electron chi connectivity index (χ1n) is 3.17. The van der Waals surface area contributed by atoms with Gasteiger partial charge in [0.2, 0.25) is 5.83 Å². The smallest absolute Gasteiger partial charge is 0.276 e. The molecule has 0 aromatic carbocycles. The van der Waals surface area contributed by atoms with Gasteiger partial charge >= 0.3 is 11.8 Å². The summed E-state index contributed by atoms with van der Waals surface area (Å²) in [5.41, 5.74) is -4.69. The van der Waals surface area contributed by atoms with Gasteiger partial charge in [-0.3, -0.25) is 9.59 Å². The lowest BCUT2D eigenvalue weighted by Gasteiger charge is -2.15. The second kappa shape index (κ2) is 4.62. The fraction of sp³-hybridized carbons (Fsp3) is 0.333. The summed E-state index contributed by atoms with van der Waals surface area (Å²) in [7, 11) is 0. The third-order valence-corrected chi connectivity index (χ3v) is 1.81. The van der Waals surface area contributed by atoms with Crippen molar-refractivity contribution < 1.29 is 35.9 Å². The van der Waals surface area contributed by atoms with Crippen LogP contribution in [0.1, 0.15) is 0 Å². The molecule has 10 heteroatoms. The Labute approximate surface area is 93.8 Å². The highest BCUT2D eigenvalue weighted by molar-refractivity contribution is 6.76. The number of halogens is 8. The molecule has 0 unspecified atom stereocenters. The largest absolute Gasteiger partial charge is 0.445 e. The summed E-state index contributed by atoms with van der Waals surface area (Å²) >= 11 is 8.68. The van der Waals surface area contributed by atoms with Crippen molar-refractivity contribution in [1.82, 2.24) is 0 Å². The lowest BCUT2D eigenvalue weighted by Crippen LogP contribution is -2.39. The minimum Gasteiger partial charge on any atom is -0.276 e. The maximum absolute atomic E-state index is 13.1. The Morgan fingerprint density at radius 1 is 0.812 bits per heavy atom. The van der Waals surface area contributed by atoms with E-state index < -0.39 is 34.0 Å². The highest BCUT2D eigenvalue weighted by Crippen LogP contribution is 2.38. The molecular formula is C6Cl2F6O2. The highest BCUT2D eigenvalue weighted by atomic mass is 35.5. The molecule has 0 saturated heterocycles. The van der Waals surface area contributed by atoms with Crippen LogP contribution in [0.15, 0.2) is 11.7 Å². The summed E-state index contributed by atoms with van der Waals surface area (Å²) in [6.07, 6.45) is -5.92. The molecule has 0 N–H and O–H groups in total. The zero-order valence-corrected chi connectivity index (χ0v) is 8.35. The topological polar surface area (TPSA) is 34.1 Å². The molecule has 0 fully saturated rings. The minimum absolute atomic E-state index is 2.52. The van der Waals surface area contributed by atoms with Gasteiger partial charge in [0.25, 0.3) is 10.5 Å². The van der Waals surface area contributed by atoms with Crippen LogP contribution in [0.25, 0.3) is 0 Å². The van der Waals surface area contributed by atoms with Crippen LogP contribution in [0.3, 0.4) is 0 Å². The van der Waals surface area contributed by atoms with Crippen molar-refractivity contribution in [2.45, 2.75) is 11.8 Å². The van der Waals surface area contributed by atoms with E-state index in [1.807, 2.05) is 0 Å². The first-order valence-corrected chi connectivity index (χ1v) is 3.93. The summed E-state index contributed by atoms with van der Waals surface area (Å²) in [5.74, 6) is -6.93. The standard InChI is InChI=1S/C6Cl2F6O2/c7-3(15)5(11,4(8)16)1(9)2(10)6(12,13)14/b2-1+. The van der Waals surface area contributed by atoms with Gasteiger partial charge < -0.3 is 0 Å². The van der Waals surface area contributed by atoms with Crippen molar-refractivity contribution in [2.24, 2.45) is 0 Å². The van der Waals surface area contributed by atoms with Gasteiger partial charge in [0, 0.05) is 0 Å². The predicted molar refractivity (Wildman–Crippen MR) is 40.9 cm³/mol. The molecule has 0 aromatic rings. The molecule has 0 saturated carbocycles. The zero-order chi connectivity index (χ0) is 13.3. The number of hydrogen-bond acceptors (Lipinski definition) is 2. The third-order valence-electron chi connectivity index (χ3n) is 1.29. The molecule has 0 atom stereocenters. The van der Waals surface area contributed by atoms with Crippen LogP contribution in [0, 0.1) is 0 Å². The molecular weight excluding hydrogens is 289 g/mol. The molecule has 0 aliphatic heterocycles. The van der Waals surface area contributed by atoms with Crippen LogP contribution >= 0.6 is 23.2 Å². The Morgan fingerprint density at radius 2 is 1.12 bits per heavy atom. The Morgan fingerprint density at radius 3 is 1.31 bits per heavy atom. The van der Waals surface area contributed by atoms with Gasteiger partial charge in [0.05, 0.1) is 0 Å². The molecule has 0 aromatic heterocycles. The lowest BCUT2D eigenvalue weighted by molar-refractivity contribution is -0.133. The summed E-state index contributed by atoms with van der Waals surface area (Å²) in [4.78, 5) is 20.5. The Kier molecular flexibility index (Phi) is 4.40. The number of carbonyl (C=O) groups excluding carboxylic acids is 2. The van der Waals surface area contributed by atoms with Gasteiger partial charge in [-0.15, -0.1) is 0 Å². The van der Waals surface area contributed by atoms with Crippen molar-refractivity contribution >= 4 is 33.7 Å². The van der Waals surface area contributed by atoms with Gasteiger partial charge in [-0.2, -0.15) is 17.6 Å². The van der Waals surface area contributed by atoms with E-state index in [2.05, 4.69) is 23.2 Å². The molecule has 0 rings (SSSR count). The highest BCUT2D eigenvalue weighted by Gasteiger charge is 2.55. The summed E-state index contributed by atoms with van der Waals surface area (Å²) < 4.78 is 72.8. The predicted octanol–water partition coefficient (Wildman–Crippen LogP) is 2.94. The average Bonchev–Trinajstić information content (AvgIpc) is 2.11. The van der Waals surface area contributed by atoms with E-state index in [1.165, 1.54) is 0 Å². The number of rotatable bonds is 3. The lowest BCUT2D eigenvalue weighted by atomic mass is 10.1. The minimum atomic E-state index is -5.92. The first kappa shape index (κ1) is 15.2. The van der Waals surface area contributed by atoms with Crippen molar-refractivity contribution in [3.8, 4) is 0 Å². The Hall–Kier alpha value is -0.760. The fourth-order valence-electron chi connectivity index (χ4n) is 0.525. The Balaban J connectivity index is 5.79. The quantitative estimate of drug-likeness (QED) is 0.455. The van der Waals surface area contributed by atoms with E-state index in [0.717, 1.165) is 0 Å². The fourth-order valence-corrected chi connectivity index (χ4v) is 0.911. The van der Waals surface area contributed by atoms with Gasteiger partial charge in [0.1, 0.15) is 0 Å². The molecule has 92 valence electrons. The van der Waals surface area contributed by atoms with E-state index in [1.54, 1.807) is 0 Å². The molecule has 0 radical (unpaired) electrons. The van der Waals surface area contributed by atoms with Crippen LogP contribution in [0.2, 0.25) is 0 Å². The molecule has 0 aliphatic rings. The third kappa shape index (κ3) is 2.67. The van der Waals surface area contributed by atoms with E-state index in [-0.39, 0.29) is 0 Å². The molecule has 0 amide bonds. The van der Waals surface area contributed by atoms with Crippen molar-refractivity contribution in [3.63, 3.8) is 0 Å². The van der Waals surface area contributed by atoms with Crippen LogP contribution in [-0.4, -0.2) is 22.3 Å². The second-order valence-corrected chi connectivity index (χ2v) is 3.02. The summed E-state index contributed by atoms with van der Waals surface area (Å²) in [6, 6.07) is 0. The van der Waals surface area contributed by atoms with E-state index >= 15 is 0 Å².